The van der Waals surface area contributed by atoms with Crippen LogP contribution < -0.4 is 10.5 Å². The smallest absolute Gasteiger partial charge is 0.145 e. The highest BCUT2D eigenvalue weighted by molar-refractivity contribution is 6.32. The average Bonchev–Trinajstić information content (AvgIpc) is 2.80. The first kappa shape index (κ1) is 11.4. The lowest BCUT2D eigenvalue weighted by Gasteiger charge is -2.22. The summed E-state index contributed by atoms with van der Waals surface area (Å²) in [6.45, 7) is 2.82. The Morgan fingerprint density at radius 3 is 3.00 bits per heavy atom. The number of aromatic amines is 1. The van der Waals surface area contributed by atoms with Gasteiger partial charge in [0.2, 0.25) is 0 Å². The molecule has 3 rings (SSSR count). The van der Waals surface area contributed by atoms with E-state index in [1.807, 2.05) is 12.1 Å². The van der Waals surface area contributed by atoms with Gasteiger partial charge in [0.25, 0.3) is 0 Å². The fourth-order valence-corrected chi connectivity index (χ4v) is 2.69. The Morgan fingerprint density at radius 2 is 2.28 bits per heavy atom. The number of halogens is 1. The molecular formula is C13H14ClN3O. The molecule has 4 nitrogen and oxygen atoms in total. The Balaban J connectivity index is 2.19. The summed E-state index contributed by atoms with van der Waals surface area (Å²) >= 11 is 6.29. The molecule has 5 heteroatoms. The molecule has 2 aromatic rings. The first-order valence-corrected chi connectivity index (χ1v) is 6.30. The second kappa shape index (κ2) is 4.21. The molecule has 0 saturated heterocycles. The average molecular weight is 264 g/mol. The van der Waals surface area contributed by atoms with Crippen LogP contribution in [0.3, 0.4) is 0 Å². The molecule has 0 radical (unpaired) electrons. The van der Waals surface area contributed by atoms with Gasteiger partial charge in [0.05, 0.1) is 17.3 Å². The van der Waals surface area contributed by atoms with Crippen molar-refractivity contribution in [3.8, 4) is 17.0 Å². The van der Waals surface area contributed by atoms with E-state index in [1.54, 1.807) is 0 Å². The summed E-state index contributed by atoms with van der Waals surface area (Å²) in [6, 6.07) is 3.72. The van der Waals surface area contributed by atoms with Gasteiger partial charge >= 0.3 is 0 Å². The third-order valence-corrected chi connectivity index (χ3v) is 3.60. The lowest BCUT2D eigenvalue weighted by Crippen LogP contribution is -2.10. The maximum absolute atomic E-state index is 6.29. The molecule has 0 aliphatic carbocycles. The van der Waals surface area contributed by atoms with Crippen LogP contribution in [0.4, 0.5) is 5.82 Å². The molecule has 0 amide bonds. The number of aromatic nitrogens is 2. The Bertz CT molecular complexity index is 607. The zero-order chi connectivity index (χ0) is 12.7. The topological polar surface area (TPSA) is 63.9 Å². The van der Waals surface area contributed by atoms with E-state index in [0.29, 0.717) is 10.8 Å². The van der Waals surface area contributed by atoms with Crippen LogP contribution in [0.25, 0.3) is 11.3 Å². The van der Waals surface area contributed by atoms with Crippen LogP contribution in [0.2, 0.25) is 5.02 Å². The van der Waals surface area contributed by atoms with Crippen molar-refractivity contribution in [1.82, 2.24) is 10.2 Å². The number of fused-ring (bicyclic) bond motifs is 1. The zero-order valence-corrected chi connectivity index (χ0v) is 10.8. The van der Waals surface area contributed by atoms with Crippen LogP contribution in [0.1, 0.15) is 17.5 Å². The Kier molecular flexibility index (Phi) is 2.67. The van der Waals surface area contributed by atoms with E-state index in [0.717, 1.165) is 36.5 Å². The van der Waals surface area contributed by atoms with Gasteiger partial charge < -0.3 is 10.5 Å². The predicted octanol–water partition coefficient (Wildman–Crippen LogP) is 2.95. The highest BCUT2D eigenvalue weighted by atomic mass is 35.5. The molecule has 0 fully saturated rings. The maximum atomic E-state index is 6.29. The van der Waals surface area contributed by atoms with Gasteiger partial charge in [-0.1, -0.05) is 11.6 Å². The highest BCUT2D eigenvalue weighted by Gasteiger charge is 2.20. The Labute approximate surface area is 110 Å². The number of hydrogen-bond donors (Lipinski definition) is 2. The molecule has 0 unspecified atom stereocenters. The number of nitrogens with one attached hydrogen (secondary N) is 1. The van der Waals surface area contributed by atoms with Crippen molar-refractivity contribution in [2.24, 2.45) is 0 Å². The fourth-order valence-electron chi connectivity index (χ4n) is 2.41. The molecule has 0 spiro atoms. The highest BCUT2D eigenvalue weighted by Crippen LogP contribution is 2.40. The summed E-state index contributed by atoms with van der Waals surface area (Å²) < 4.78 is 5.65. The van der Waals surface area contributed by atoms with E-state index >= 15 is 0 Å². The van der Waals surface area contributed by atoms with E-state index in [1.165, 1.54) is 11.1 Å². The molecule has 2 heterocycles. The molecule has 94 valence electrons. The van der Waals surface area contributed by atoms with Crippen molar-refractivity contribution in [3.63, 3.8) is 0 Å². The Morgan fingerprint density at radius 1 is 1.44 bits per heavy atom. The molecule has 0 saturated carbocycles. The van der Waals surface area contributed by atoms with Crippen LogP contribution in [-0.2, 0) is 6.42 Å². The monoisotopic (exact) mass is 263 g/mol. The summed E-state index contributed by atoms with van der Waals surface area (Å²) in [5, 5.41) is 7.53. The van der Waals surface area contributed by atoms with Crippen LogP contribution >= 0.6 is 11.6 Å². The number of H-pyrrole nitrogens is 1. The predicted molar refractivity (Wildman–Crippen MR) is 72.0 cm³/mol. The third-order valence-electron chi connectivity index (χ3n) is 3.32. The van der Waals surface area contributed by atoms with Crippen LogP contribution in [-0.4, -0.2) is 16.8 Å². The van der Waals surface area contributed by atoms with E-state index in [9.17, 15) is 0 Å². The molecule has 1 aliphatic rings. The molecule has 3 N–H and O–H groups in total. The summed E-state index contributed by atoms with van der Waals surface area (Å²) in [5.41, 5.74) is 9.94. The Hall–Kier alpha value is -1.68. The molecule has 0 atom stereocenters. The minimum atomic E-state index is 0.481. The van der Waals surface area contributed by atoms with Gasteiger partial charge in [0, 0.05) is 11.6 Å². The van der Waals surface area contributed by atoms with E-state index < -0.39 is 0 Å². The number of nitrogens with zero attached hydrogens (tertiary/aromatic N) is 1. The van der Waals surface area contributed by atoms with Gasteiger partial charge in [0.1, 0.15) is 11.6 Å². The van der Waals surface area contributed by atoms with Gasteiger partial charge in [-0.05, 0) is 37.0 Å². The second-order valence-corrected chi connectivity index (χ2v) is 4.90. The largest absolute Gasteiger partial charge is 0.492 e. The number of rotatable bonds is 1. The van der Waals surface area contributed by atoms with Crippen molar-refractivity contribution < 1.29 is 4.74 Å². The number of nitrogen functional groups attached to an aromatic ring is 1. The first-order valence-electron chi connectivity index (χ1n) is 5.93. The molecule has 0 bridgehead atoms. The standard InChI is InChI=1S/C13H14ClN3O/c1-7-8-3-2-4-18-13(8)10(14)5-9(7)11-6-12(15)17-16-11/h5-6H,2-4H2,1H3,(H3,15,16,17). The summed E-state index contributed by atoms with van der Waals surface area (Å²) in [4.78, 5) is 0. The van der Waals surface area contributed by atoms with Gasteiger partial charge in [-0.25, -0.2) is 0 Å². The summed E-state index contributed by atoms with van der Waals surface area (Å²) in [6.07, 6.45) is 2.02. The molecule has 1 aliphatic heterocycles. The van der Waals surface area contributed by atoms with Crippen LogP contribution in [0.15, 0.2) is 12.1 Å². The van der Waals surface area contributed by atoms with Crippen LogP contribution in [0, 0.1) is 6.92 Å². The number of benzene rings is 1. The zero-order valence-electron chi connectivity index (χ0n) is 10.1. The van der Waals surface area contributed by atoms with Crippen molar-refractivity contribution in [2.45, 2.75) is 19.8 Å². The van der Waals surface area contributed by atoms with Crippen LogP contribution in [0.5, 0.6) is 5.75 Å². The molecular weight excluding hydrogens is 250 g/mol. The second-order valence-electron chi connectivity index (χ2n) is 4.50. The van der Waals surface area contributed by atoms with E-state index in [-0.39, 0.29) is 0 Å². The minimum absolute atomic E-state index is 0.481. The van der Waals surface area contributed by atoms with Crippen molar-refractivity contribution >= 4 is 17.4 Å². The molecule has 1 aromatic carbocycles. The van der Waals surface area contributed by atoms with Gasteiger partial charge in [0.15, 0.2) is 0 Å². The fraction of sp³-hybridized carbons (Fsp3) is 0.308. The minimum Gasteiger partial charge on any atom is -0.492 e. The first-order chi connectivity index (χ1) is 8.66. The molecule has 18 heavy (non-hydrogen) atoms. The number of hydrogen-bond acceptors (Lipinski definition) is 3. The third kappa shape index (κ3) is 1.73. The lowest BCUT2D eigenvalue weighted by atomic mass is 9.95. The van der Waals surface area contributed by atoms with Crippen molar-refractivity contribution in [1.29, 1.82) is 0 Å². The molecule has 1 aromatic heterocycles. The van der Waals surface area contributed by atoms with Crippen molar-refractivity contribution in [3.05, 3.63) is 28.3 Å². The number of anilines is 1. The quantitative estimate of drug-likeness (QED) is 0.831. The SMILES string of the molecule is Cc1c(-c2cc(N)n[nH]2)cc(Cl)c2c1CCCO2. The summed E-state index contributed by atoms with van der Waals surface area (Å²) in [5.74, 6) is 1.31. The van der Waals surface area contributed by atoms with E-state index in [2.05, 4.69) is 17.1 Å². The summed E-state index contributed by atoms with van der Waals surface area (Å²) in [7, 11) is 0. The van der Waals surface area contributed by atoms with Gasteiger partial charge in [-0.15, -0.1) is 0 Å². The van der Waals surface area contributed by atoms with Crippen molar-refractivity contribution in [2.75, 3.05) is 12.3 Å². The maximum Gasteiger partial charge on any atom is 0.145 e. The number of nitrogens with two attached hydrogens (primary N) is 1. The van der Waals surface area contributed by atoms with E-state index in [4.69, 9.17) is 22.1 Å². The van der Waals surface area contributed by atoms with Gasteiger partial charge in [-0.3, -0.25) is 5.10 Å². The normalized spacial score (nSPS) is 14.1. The number of ether oxygens (including phenoxy) is 1. The lowest BCUT2D eigenvalue weighted by molar-refractivity contribution is 0.288. The van der Waals surface area contributed by atoms with Gasteiger partial charge in [-0.2, -0.15) is 5.10 Å².